The maximum absolute atomic E-state index is 5.77. The average molecular weight is 526 g/mol. The lowest BCUT2D eigenvalue weighted by Crippen LogP contribution is -2.43. The zero-order valence-electron chi connectivity index (χ0n) is 18.4. The molecular weight excluding hydrogens is 491 g/mol. The van der Waals surface area contributed by atoms with Gasteiger partial charge in [0.1, 0.15) is 5.75 Å². The molecule has 1 unspecified atom stereocenters. The molecule has 1 atom stereocenters. The molecule has 0 radical (unpaired) electrons. The number of benzene rings is 2. The first-order valence-corrected chi connectivity index (χ1v) is 10.0. The third kappa shape index (κ3) is 9.77. The van der Waals surface area contributed by atoms with Gasteiger partial charge in [0.15, 0.2) is 5.96 Å². The van der Waals surface area contributed by atoms with Crippen LogP contribution in [-0.4, -0.2) is 64.9 Å². The van der Waals surface area contributed by atoms with Crippen molar-refractivity contribution in [3.8, 4) is 5.75 Å². The van der Waals surface area contributed by atoms with Crippen molar-refractivity contribution in [1.29, 1.82) is 0 Å². The van der Waals surface area contributed by atoms with Crippen LogP contribution >= 0.6 is 24.0 Å². The van der Waals surface area contributed by atoms with Crippen molar-refractivity contribution in [1.82, 2.24) is 10.2 Å². The Bertz CT molecular complexity index is 741. The van der Waals surface area contributed by atoms with Gasteiger partial charge in [0.05, 0.1) is 6.61 Å². The summed E-state index contributed by atoms with van der Waals surface area (Å²) >= 11 is 0. The maximum atomic E-state index is 5.77. The van der Waals surface area contributed by atoms with Crippen molar-refractivity contribution in [2.75, 3.05) is 53.3 Å². The number of guanidine groups is 1. The van der Waals surface area contributed by atoms with Crippen LogP contribution in [0.15, 0.2) is 59.6 Å². The lowest BCUT2D eigenvalue weighted by atomic mass is 10.1. The van der Waals surface area contributed by atoms with E-state index < -0.39 is 0 Å². The van der Waals surface area contributed by atoms with Gasteiger partial charge in [-0.2, -0.15) is 0 Å². The maximum Gasteiger partial charge on any atom is 0.195 e. The summed E-state index contributed by atoms with van der Waals surface area (Å²) in [7, 11) is 7.69. The van der Waals surface area contributed by atoms with Crippen LogP contribution in [0.4, 0.5) is 5.69 Å². The number of ether oxygens (including phenoxy) is 2. The molecule has 0 saturated heterocycles. The molecule has 6 nitrogen and oxygen atoms in total. The minimum atomic E-state index is 0. The lowest BCUT2D eigenvalue weighted by Gasteiger charge is -2.25. The minimum absolute atomic E-state index is 0. The molecule has 0 aromatic heterocycles. The molecule has 0 heterocycles. The number of nitrogens with zero attached hydrogens (tertiary/aromatic N) is 2. The molecule has 166 valence electrons. The summed E-state index contributed by atoms with van der Waals surface area (Å²) < 4.78 is 10.8. The molecule has 0 saturated carbocycles. The van der Waals surface area contributed by atoms with Crippen molar-refractivity contribution in [2.24, 2.45) is 4.99 Å². The van der Waals surface area contributed by atoms with Gasteiger partial charge >= 0.3 is 0 Å². The number of halogens is 1. The first kappa shape index (κ1) is 26.2. The number of methoxy groups -OCH3 is 1. The van der Waals surface area contributed by atoms with Crippen LogP contribution in [0.1, 0.15) is 12.0 Å². The van der Waals surface area contributed by atoms with Gasteiger partial charge in [-0.25, -0.2) is 0 Å². The molecule has 0 spiro atoms. The van der Waals surface area contributed by atoms with Gasteiger partial charge in [-0.15, -0.1) is 24.0 Å². The van der Waals surface area contributed by atoms with Crippen LogP contribution in [0.3, 0.4) is 0 Å². The van der Waals surface area contributed by atoms with E-state index in [0.29, 0.717) is 19.3 Å². The number of likely N-dealkylation sites (N-methyl/N-ethyl adjacent to an activating group) is 1. The summed E-state index contributed by atoms with van der Waals surface area (Å²) in [4.78, 5) is 6.59. The Morgan fingerprint density at radius 3 is 2.50 bits per heavy atom. The Hall–Kier alpha value is -1.84. The standard InChI is InChI=1S/C23H34N4O2.HI/c1-24-23(25-18-21(27(2)3)16-19-10-6-5-7-11-19)26-20-12-8-13-22(17-20)29-15-9-14-28-4;/h5-8,10-13,17,21H,9,14-16,18H2,1-4H3,(H2,24,25,26);1H. The Morgan fingerprint density at radius 1 is 1.07 bits per heavy atom. The normalized spacial score (nSPS) is 12.2. The van der Waals surface area contributed by atoms with Crippen molar-refractivity contribution >= 4 is 35.6 Å². The molecule has 0 fully saturated rings. The van der Waals surface area contributed by atoms with Gasteiger partial charge in [-0.1, -0.05) is 36.4 Å². The van der Waals surface area contributed by atoms with Crippen LogP contribution in [-0.2, 0) is 11.2 Å². The highest BCUT2D eigenvalue weighted by molar-refractivity contribution is 14.0. The van der Waals surface area contributed by atoms with Crippen LogP contribution in [0.2, 0.25) is 0 Å². The van der Waals surface area contributed by atoms with Gasteiger partial charge in [-0.05, 0) is 38.2 Å². The highest BCUT2D eigenvalue weighted by Crippen LogP contribution is 2.17. The number of hydrogen-bond acceptors (Lipinski definition) is 4. The first-order valence-electron chi connectivity index (χ1n) is 10.0. The van der Waals surface area contributed by atoms with Crippen molar-refractivity contribution in [2.45, 2.75) is 18.9 Å². The predicted molar refractivity (Wildman–Crippen MR) is 136 cm³/mol. The van der Waals surface area contributed by atoms with Crippen molar-refractivity contribution < 1.29 is 9.47 Å². The fraction of sp³-hybridized carbons (Fsp3) is 0.435. The topological polar surface area (TPSA) is 58.1 Å². The van der Waals surface area contributed by atoms with Crippen molar-refractivity contribution in [3.05, 3.63) is 60.2 Å². The van der Waals surface area contributed by atoms with Gasteiger partial charge in [-0.3, -0.25) is 4.99 Å². The summed E-state index contributed by atoms with van der Waals surface area (Å²) in [6.07, 6.45) is 1.84. The highest BCUT2D eigenvalue weighted by Gasteiger charge is 2.13. The molecule has 0 aliphatic carbocycles. The lowest BCUT2D eigenvalue weighted by molar-refractivity contribution is 0.172. The van der Waals surface area contributed by atoms with Crippen LogP contribution in [0, 0.1) is 0 Å². The molecule has 7 heteroatoms. The number of aliphatic imine (C=N–C) groups is 1. The monoisotopic (exact) mass is 526 g/mol. The van der Waals surface area contributed by atoms with E-state index >= 15 is 0 Å². The molecule has 2 aromatic carbocycles. The SMILES string of the molecule is CN=C(NCC(Cc1ccccc1)N(C)C)Nc1cccc(OCCCOC)c1.I. The summed E-state index contributed by atoms with van der Waals surface area (Å²) in [5.74, 6) is 1.57. The van der Waals surface area contributed by atoms with E-state index in [9.17, 15) is 0 Å². The van der Waals surface area contributed by atoms with E-state index in [4.69, 9.17) is 9.47 Å². The number of nitrogens with one attached hydrogen (secondary N) is 2. The molecular formula is C23H35IN4O2. The van der Waals surface area contributed by atoms with E-state index in [-0.39, 0.29) is 24.0 Å². The van der Waals surface area contributed by atoms with Gasteiger partial charge in [0.2, 0.25) is 0 Å². The van der Waals surface area contributed by atoms with E-state index in [1.165, 1.54) is 5.56 Å². The number of hydrogen-bond donors (Lipinski definition) is 2. The number of anilines is 1. The van der Waals surface area contributed by atoms with E-state index in [0.717, 1.165) is 36.8 Å². The second kappa shape index (κ2) is 15.0. The summed E-state index contributed by atoms with van der Waals surface area (Å²) in [6.45, 7) is 2.12. The number of rotatable bonds is 11. The Balaban J connectivity index is 0.00000450. The van der Waals surface area contributed by atoms with E-state index in [2.05, 4.69) is 58.9 Å². The molecule has 0 aliphatic rings. The molecule has 2 aromatic rings. The van der Waals surface area contributed by atoms with E-state index in [1.54, 1.807) is 14.2 Å². The summed E-state index contributed by atoms with van der Waals surface area (Å²) in [5.41, 5.74) is 2.26. The molecule has 0 amide bonds. The minimum Gasteiger partial charge on any atom is -0.493 e. The molecule has 2 N–H and O–H groups in total. The zero-order chi connectivity index (χ0) is 20.9. The molecule has 30 heavy (non-hydrogen) atoms. The first-order chi connectivity index (χ1) is 14.1. The fourth-order valence-electron chi connectivity index (χ4n) is 2.91. The average Bonchev–Trinajstić information content (AvgIpc) is 2.74. The molecule has 0 aliphatic heterocycles. The van der Waals surface area contributed by atoms with E-state index in [1.807, 2.05) is 30.3 Å². The van der Waals surface area contributed by atoms with Gasteiger partial charge in [0, 0.05) is 51.5 Å². The largest absolute Gasteiger partial charge is 0.493 e. The second-order valence-corrected chi connectivity index (χ2v) is 7.11. The quantitative estimate of drug-likeness (QED) is 0.202. The summed E-state index contributed by atoms with van der Waals surface area (Å²) in [6, 6.07) is 18.8. The van der Waals surface area contributed by atoms with Crippen molar-refractivity contribution in [3.63, 3.8) is 0 Å². The van der Waals surface area contributed by atoms with Gasteiger partial charge in [0.25, 0.3) is 0 Å². The third-order valence-electron chi connectivity index (χ3n) is 4.63. The Kier molecular flexibility index (Phi) is 13.1. The van der Waals surface area contributed by atoms with Crippen LogP contribution in [0.5, 0.6) is 5.75 Å². The summed E-state index contributed by atoms with van der Waals surface area (Å²) in [5, 5.41) is 6.78. The smallest absolute Gasteiger partial charge is 0.195 e. The van der Waals surface area contributed by atoms with Crippen LogP contribution < -0.4 is 15.4 Å². The Morgan fingerprint density at radius 2 is 1.83 bits per heavy atom. The Labute approximate surface area is 198 Å². The second-order valence-electron chi connectivity index (χ2n) is 7.11. The third-order valence-corrected chi connectivity index (χ3v) is 4.63. The fourth-order valence-corrected chi connectivity index (χ4v) is 2.91. The molecule has 0 bridgehead atoms. The highest BCUT2D eigenvalue weighted by atomic mass is 127. The predicted octanol–water partition coefficient (Wildman–Crippen LogP) is 3.88. The molecule has 2 rings (SSSR count). The van der Waals surface area contributed by atoms with Crippen LogP contribution in [0.25, 0.3) is 0 Å². The van der Waals surface area contributed by atoms with Gasteiger partial charge < -0.3 is 25.0 Å². The zero-order valence-corrected chi connectivity index (χ0v) is 20.8.